The molecule has 0 aromatic carbocycles. The van der Waals surface area contributed by atoms with E-state index in [0.717, 1.165) is 44.0 Å². The number of nitrogens with zero attached hydrogens (tertiary/aromatic N) is 3. The molecule has 0 aliphatic carbocycles. The van der Waals surface area contributed by atoms with Crippen LogP contribution in [0.15, 0.2) is 12.4 Å². The summed E-state index contributed by atoms with van der Waals surface area (Å²) in [5, 5.41) is 3.29. The van der Waals surface area contributed by atoms with Crippen molar-refractivity contribution in [1.29, 1.82) is 0 Å². The van der Waals surface area contributed by atoms with Crippen LogP contribution in [-0.2, 0) is 6.42 Å². The van der Waals surface area contributed by atoms with Crippen molar-refractivity contribution in [2.75, 3.05) is 31.6 Å². The first-order valence-electron chi connectivity index (χ1n) is 6.87. The molecule has 1 aliphatic rings. The molecule has 1 N–H and O–H groups in total. The Hall–Kier alpha value is -1.16. The van der Waals surface area contributed by atoms with E-state index in [0.29, 0.717) is 5.41 Å². The number of rotatable bonds is 5. The molecule has 0 amide bonds. The quantitative estimate of drug-likeness (QED) is 0.863. The highest BCUT2D eigenvalue weighted by Crippen LogP contribution is 2.31. The minimum absolute atomic E-state index is 0.366. The van der Waals surface area contributed by atoms with Gasteiger partial charge in [0.05, 0.1) is 0 Å². The third-order valence-corrected chi connectivity index (χ3v) is 3.70. The average Bonchev–Trinajstić information content (AvgIpc) is 2.73. The van der Waals surface area contributed by atoms with Crippen molar-refractivity contribution in [2.24, 2.45) is 5.41 Å². The fraction of sp³-hybridized carbons (Fsp3) is 0.714. The van der Waals surface area contributed by atoms with Crippen molar-refractivity contribution in [2.45, 2.75) is 33.1 Å². The third-order valence-electron chi connectivity index (χ3n) is 3.70. The van der Waals surface area contributed by atoms with Crippen LogP contribution in [0.5, 0.6) is 0 Å². The molecule has 1 saturated heterocycles. The van der Waals surface area contributed by atoms with Crippen LogP contribution in [0, 0.1) is 5.41 Å². The van der Waals surface area contributed by atoms with Gasteiger partial charge in [-0.1, -0.05) is 20.3 Å². The van der Waals surface area contributed by atoms with Crippen molar-refractivity contribution in [1.82, 2.24) is 15.3 Å². The molecule has 2 heterocycles. The second kappa shape index (κ2) is 5.65. The normalized spacial score (nSPS) is 23.6. The SMILES string of the molecule is CCCc1cc(N2CCC(C)(CNC)C2)ncn1. The molecule has 1 aromatic rings. The molecule has 18 heavy (non-hydrogen) atoms. The Bertz CT molecular complexity index is 393. The van der Waals surface area contributed by atoms with E-state index in [4.69, 9.17) is 0 Å². The van der Waals surface area contributed by atoms with Crippen molar-refractivity contribution in [3.63, 3.8) is 0 Å². The van der Waals surface area contributed by atoms with Gasteiger partial charge in [-0.05, 0) is 25.3 Å². The Morgan fingerprint density at radius 3 is 3.00 bits per heavy atom. The van der Waals surface area contributed by atoms with Crippen LogP contribution in [0.25, 0.3) is 0 Å². The first-order chi connectivity index (χ1) is 8.67. The third kappa shape index (κ3) is 2.99. The lowest BCUT2D eigenvalue weighted by atomic mass is 9.90. The van der Waals surface area contributed by atoms with Crippen LogP contribution < -0.4 is 10.2 Å². The number of aryl methyl sites for hydroxylation is 1. The van der Waals surface area contributed by atoms with Crippen LogP contribution in [0.1, 0.15) is 32.4 Å². The van der Waals surface area contributed by atoms with E-state index in [2.05, 4.69) is 40.1 Å². The van der Waals surface area contributed by atoms with E-state index >= 15 is 0 Å². The number of nitrogens with one attached hydrogen (secondary N) is 1. The van der Waals surface area contributed by atoms with Crippen LogP contribution in [0.3, 0.4) is 0 Å². The zero-order valence-electron chi connectivity index (χ0n) is 11.7. The monoisotopic (exact) mass is 248 g/mol. The predicted octanol–water partition coefficient (Wildman–Crippen LogP) is 1.86. The van der Waals surface area contributed by atoms with Gasteiger partial charge in [-0.3, -0.25) is 0 Å². The Labute approximate surface area is 110 Å². The Balaban J connectivity index is 2.06. The average molecular weight is 248 g/mol. The topological polar surface area (TPSA) is 41.0 Å². The maximum atomic E-state index is 4.42. The molecule has 4 nitrogen and oxygen atoms in total. The molecule has 1 unspecified atom stereocenters. The lowest BCUT2D eigenvalue weighted by Crippen LogP contribution is -2.33. The molecule has 1 aromatic heterocycles. The van der Waals surface area contributed by atoms with Gasteiger partial charge in [-0.25, -0.2) is 9.97 Å². The van der Waals surface area contributed by atoms with E-state index < -0.39 is 0 Å². The van der Waals surface area contributed by atoms with Gasteiger partial charge >= 0.3 is 0 Å². The van der Waals surface area contributed by atoms with E-state index in [1.54, 1.807) is 6.33 Å². The molecule has 2 rings (SSSR count). The molecular weight excluding hydrogens is 224 g/mol. The zero-order valence-corrected chi connectivity index (χ0v) is 11.7. The minimum Gasteiger partial charge on any atom is -0.356 e. The Morgan fingerprint density at radius 2 is 2.28 bits per heavy atom. The van der Waals surface area contributed by atoms with Crippen LogP contribution in [0.4, 0.5) is 5.82 Å². The first kappa shape index (κ1) is 13.3. The van der Waals surface area contributed by atoms with Gasteiger partial charge in [-0.2, -0.15) is 0 Å². The standard InChI is InChI=1S/C14H24N4/c1-4-5-12-8-13(17-11-16-12)18-7-6-14(2,10-18)9-15-3/h8,11,15H,4-7,9-10H2,1-3H3. The highest BCUT2D eigenvalue weighted by Gasteiger charge is 2.33. The van der Waals surface area contributed by atoms with Crippen LogP contribution in [0.2, 0.25) is 0 Å². The molecule has 1 atom stereocenters. The van der Waals surface area contributed by atoms with Crippen LogP contribution in [-0.4, -0.2) is 36.6 Å². The van der Waals surface area contributed by atoms with E-state index in [1.807, 2.05) is 7.05 Å². The largest absolute Gasteiger partial charge is 0.356 e. The summed E-state index contributed by atoms with van der Waals surface area (Å²) in [4.78, 5) is 11.1. The molecular formula is C14H24N4. The van der Waals surface area contributed by atoms with Crippen LogP contribution >= 0.6 is 0 Å². The van der Waals surface area contributed by atoms with Gasteiger partial charge in [0.25, 0.3) is 0 Å². The van der Waals surface area contributed by atoms with Gasteiger partial charge in [0.15, 0.2) is 0 Å². The van der Waals surface area contributed by atoms with Gasteiger partial charge in [0.2, 0.25) is 0 Å². The minimum atomic E-state index is 0.366. The summed E-state index contributed by atoms with van der Waals surface area (Å²) in [5.41, 5.74) is 1.52. The Morgan fingerprint density at radius 1 is 1.44 bits per heavy atom. The molecule has 0 bridgehead atoms. The maximum Gasteiger partial charge on any atom is 0.132 e. The maximum absolute atomic E-state index is 4.42. The summed E-state index contributed by atoms with van der Waals surface area (Å²) in [6, 6.07) is 2.15. The van der Waals surface area contributed by atoms with E-state index in [1.165, 1.54) is 6.42 Å². The summed E-state index contributed by atoms with van der Waals surface area (Å²) in [6.07, 6.45) is 5.10. The molecule has 1 aliphatic heterocycles. The molecule has 100 valence electrons. The zero-order chi connectivity index (χ0) is 13.0. The summed E-state index contributed by atoms with van der Waals surface area (Å²) in [7, 11) is 2.03. The molecule has 1 fully saturated rings. The van der Waals surface area contributed by atoms with Gasteiger partial charge in [0.1, 0.15) is 12.1 Å². The van der Waals surface area contributed by atoms with Gasteiger partial charge < -0.3 is 10.2 Å². The van der Waals surface area contributed by atoms with Crippen molar-refractivity contribution >= 4 is 5.82 Å². The molecule has 0 spiro atoms. The number of anilines is 1. The first-order valence-corrected chi connectivity index (χ1v) is 6.87. The van der Waals surface area contributed by atoms with Crippen molar-refractivity contribution < 1.29 is 0 Å². The van der Waals surface area contributed by atoms with E-state index in [-0.39, 0.29) is 0 Å². The fourth-order valence-corrected chi connectivity index (χ4v) is 2.74. The summed E-state index contributed by atoms with van der Waals surface area (Å²) < 4.78 is 0. The highest BCUT2D eigenvalue weighted by atomic mass is 15.2. The summed E-state index contributed by atoms with van der Waals surface area (Å²) in [5.74, 6) is 1.09. The smallest absolute Gasteiger partial charge is 0.132 e. The summed E-state index contributed by atoms with van der Waals surface area (Å²) >= 11 is 0. The number of hydrogen-bond acceptors (Lipinski definition) is 4. The molecule has 0 saturated carbocycles. The van der Waals surface area contributed by atoms with E-state index in [9.17, 15) is 0 Å². The second-order valence-electron chi connectivity index (χ2n) is 5.63. The Kier molecular flexibility index (Phi) is 4.17. The number of hydrogen-bond donors (Lipinski definition) is 1. The van der Waals surface area contributed by atoms with Gasteiger partial charge in [-0.15, -0.1) is 0 Å². The lowest BCUT2D eigenvalue weighted by Gasteiger charge is -2.24. The highest BCUT2D eigenvalue weighted by molar-refractivity contribution is 5.40. The molecule has 0 radical (unpaired) electrons. The fourth-order valence-electron chi connectivity index (χ4n) is 2.74. The number of aromatic nitrogens is 2. The lowest BCUT2D eigenvalue weighted by molar-refractivity contribution is 0.355. The van der Waals surface area contributed by atoms with Crippen molar-refractivity contribution in [3.05, 3.63) is 18.1 Å². The molecule has 4 heteroatoms. The second-order valence-corrected chi connectivity index (χ2v) is 5.63. The predicted molar refractivity (Wildman–Crippen MR) is 74.9 cm³/mol. The summed E-state index contributed by atoms with van der Waals surface area (Å²) in [6.45, 7) is 7.77. The van der Waals surface area contributed by atoms with Gasteiger partial charge in [0, 0.05) is 31.4 Å². The van der Waals surface area contributed by atoms with Crippen molar-refractivity contribution in [3.8, 4) is 0 Å².